The maximum atomic E-state index is 5.60. The van der Waals surface area contributed by atoms with Crippen LogP contribution >= 0.6 is 0 Å². The third kappa shape index (κ3) is 1.64. The average molecular weight is 177 g/mol. The van der Waals surface area contributed by atoms with Gasteiger partial charge in [0.1, 0.15) is 5.82 Å². The van der Waals surface area contributed by atoms with Gasteiger partial charge in [0.15, 0.2) is 0 Å². The van der Waals surface area contributed by atoms with Gasteiger partial charge in [0.25, 0.3) is 0 Å². The van der Waals surface area contributed by atoms with Crippen LogP contribution < -0.4 is 5.73 Å². The molecule has 0 atom stereocenters. The minimum absolute atomic E-state index is 0.391. The van der Waals surface area contributed by atoms with Crippen LogP contribution in [-0.2, 0) is 12.8 Å². The van der Waals surface area contributed by atoms with Crippen LogP contribution in [0.25, 0.3) is 0 Å². The van der Waals surface area contributed by atoms with Crippen molar-refractivity contribution in [2.24, 2.45) is 5.41 Å². The Hall–Kier alpha value is -1.12. The van der Waals surface area contributed by atoms with E-state index in [0.717, 1.165) is 18.5 Å². The van der Waals surface area contributed by atoms with E-state index < -0.39 is 0 Å². The smallest absolute Gasteiger partial charge is 0.146 e. The molecule has 0 saturated heterocycles. The van der Waals surface area contributed by atoms with Gasteiger partial charge in [-0.2, -0.15) is 5.10 Å². The molecule has 0 spiro atoms. The number of fused-ring (bicyclic) bond motifs is 1. The van der Waals surface area contributed by atoms with Crippen molar-refractivity contribution in [3.63, 3.8) is 0 Å². The predicted octanol–water partition coefficient (Wildman–Crippen LogP) is 1.57. The highest BCUT2D eigenvalue weighted by Gasteiger charge is 2.26. The summed E-state index contributed by atoms with van der Waals surface area (Å²) in [6.07, 6.45) is 3.30. The van der Waals surface area contributed by atoms with E-state index in [1.165, 1.54) is 12.0 Å². The van der Waals surface area contributed by atoms with Gasteiger partial charge in [-0.3, -0.25) is 0 Å². The molecule has 1 aromatic rings. The molecule has 1 aliphatic rings. The van der Waals surface area contributed by atoms with Crippen LogP contribution in [0, 0.1) is 5.41 Å². The Morgan fingerprint density at radius 1 is 1.38 bits per heavy atom. The molecule has 0 amide bonds. The summed E-state index contributed by atoms with van der Waals surface area (Å²) in [6.45, 7) is 4.57. The fourth-order valence-electron chi connectivity index (χ4n) is 1.90. The minimum atomic E-state index is 0.391. The van der Waals surface area contributed by atoms with Crippen molar-refractivity contribution in [3.05, 3.63) is 17.3 Å². The van der Waals surface area contributed by atoms with Crippen molar-refractivity contribution in [2.75, 3.05) is 5.73 Å². The van der Waals surface area contributed by atoms with Crippen LogP contribution in [0.3, 0.4) is 0 Å². The van der Waals surface area contributed by atoms with Gasteiger partial charge in [0.05, 0.1) is 5.69 Å². The Bertz CT molecular complexity index is 331. The van der Waals surface area contributed by atoms with Gasteiger partial charge in [0, 0.05) is 0 Å². The van der Waals surface area contributed by atoms with Crippen molar-refractivity contribution in [3.8, 4) is 0 Å². The lowest BCUT2D eigenvalue weighted by atomic mass is 9.76. The second-order valence-corrected chi connectivity index (χ2v) is 4.58. The first-order chi connectivity index (χ1) is 6.07. The monoisotopic (exact) mass is 177 g/mol. The summed E-state index contributed by atoms with van der Waals surface area (Å²) in [6, 6.07) is 1.96. The number of rotatable bonds is 0. The Morgan fingerprint density at radius 3 is 2.92 bits per heavy atom. The summed E-state index contributed by atoms with van der Waals surface area (Å²) in [5.74, 6) is 0.538. The molecule has 0 radical (unpaired) electrons. The summed E-state index contributed by atoms with van der Waals surface area (Å²) >= 11 is 0. The van der Waals surface area contributed by atoms with Crippen LogP contribution in [0.5, 0.6) is 0 Å². The molecule has 0 aromatic carbocycles. The molecule has 13 heavy (non-hydrogen) atoms. The number of nitrogens with two attached hydrogens (primary N) is 1. The first kappa shape index (κ1) is 8.48. The van der Waals surface area contributed by atoms with Crippen molar-refractivity contribution in [1.29, 1.82) is 0 Å². The lowest BCUT2D eigenvalue weighted by molar-refractivity contribution is 0.311. The van der Waals surface area contributed by atoms with Gasteiger partial charge in [-0.25, -0.2) is 0 Å². The molecule has 70 valence electrons. The van der Waals surface area contributed by atoms with E-state index in [1.807, 2.05) is 6.07 Å². The molecule has 3 heteroatoms. The van der Waals surface area contributed by atoms with Crippen molar-refractivity contribution in [1.82, 2.24) is 10.2 Å². The largest absolute Gasteiger partial charge is 0.382 e. The van der Waals surface area contributed by atoms with Crippen molar-refractivity contribution < 1.29 is 0 Å². The maximum Gasteiger partial charge on any atom is 0.146 e. The molecule has 2 rings (SSSR count). The summed E-state index contributed by atoms with van der Waals surface area (Å²) in [5, 5.41) is 7.98. The van der Waals surface area contributed by atoms with Gasteiger partial charge in [-0.1, -0.05) is 13.8 Å². The van der Waals surface area contributed by atoms with Gasteiger partial charge < -0.3 is 5.73 Å². The molecule has 1 aliphatic carbocycles. The molecule has 0 unspecified atom stereocenters. The van der Waals surface area contributed by atoms with E-state index in [2.05, 4.69) is 24.0 Å². The number of anilines is 1. The first-order valence-corrected chi connectivity index (χ1v) is 4.68. The molecule has 2 N–H and O–H groups in total. The molecule has 0 fully saturated rings. The Morgan fingerprint density at radius 2 is 2.15 bits per heavy atom. The van der Waals surface area contributed by atoms with E-state index in [-0.39, 0.29) is 0 Å². The van der Waals surface area contributed by atoms with Crippen LogP contribution in [0.2, 0.25) is 0 Å². The molecule has 1 heterocycles. The first-order valence-electron chi connectivity index (χ1n) is 4.68. The highest BCUT2D eigenvalue weighted by Crippen LogP contribution is 2.33. The third-order valence-electron chi connectivity index (χ3n) is 2.69. The van der Waals surface area contributed by atoms with E-state index in [9.17, 15) is 0 Å². The molecule has 0 aliphatic heterocycles. The zero-order chi connectivity index (χ0) is 9.47. The lowest BCUT2D eigenvalue weighted by Gasteiger charge is -2.30. The second kappa shape index (κ2) is 2.69. The maximum absolute atomic E-state index is 5.60. The van der Waals surface area contributed by atoms with Gasteiger partial charge >= 0.3 is 0 Å². The molecule has 0 saturated carbocycles. The van der Waals surface area contributed by atoms with Gasteiger partial charge in [0.2, 0.25) is 0 Å². The zero-order valence-electron chi connectivity index (χ0n) is 8.17. The normalized spacial score (nSPS) is 19.5. The van der Waals surface area contributed by atoms with E-state index in [0.29, 0.717) is 11.2 Å². The van der Waals surface area contributed by atoms with Crippen LogP contribution in [0.1, 0.15) is 31.5 Å². The number of nitrogen functional groups attached to an aromatic ring is 1. The quantitative estimate of drug-likeness (QED) is 0.654. The standard InChI is InChI=1S/C10H15N3/c1-10(2)4-3-8-7(6-10)5-9(11)13-12-8/h5H,3-4,6H2,1-2H3,(H2,11,13). The predicted molar refractivity (Wildman–Crippen MR) is 52.3 cm³/mol. The summed E-state index contributed by atoms with van der Waals surface area (Å²) in [4.78, 5) is 0. The summed E-state index contributed by atoms with van der Waals surface area (Å²) in [7, 11) is 0. The highest BCUT2D eigenvalue weighted by atomic mass is 15.1. The summed E-state index contributed by atoms with van der Waals surface area (Å²) < 4.78 is 0. The highest BCUT2D eigenvalue weighted by molar-refractivity contribution is 5.35. The van der Waals surface area contributed by atoms with E-state index in [1.54, 1.807) is 0 Å². The van der Waals surface area contributed by atoms with Gasteiger partial charge in [-0.15, -0.1) is 5.10 Å². The molecule has 1 aromatic heterocycles. The van der Waals surface area contributed by atoms with Crippen LogP contribution in [0.4, 0.5) is 5.82 Å². The van der Waals surface area contributed by atoms with Gasteiger partial charge in [-0.05, 0) is 36.3 Å². The van der Waals surface area contributed by atoms with Crippen LogP contribution in [0.15, 0.2) is 6.07 Å². The molecular formula is C10H15N3. The molecule has 0 bridgehead atoms. The molecule has 3 nitrogen and oxygen atoms in total. The number of hydrogen-bond acceptors (Lipinski definition) is 3. The Labute approximate surface area is 78.4 Å². The lowest BCUT2D eigenvalue weighted by Crippen LogP contribution is -2.23. The Kier molecular flexibility index (Phi) is 1.75. The third-order valence-corrected chi connectivity index (χ3v) is 2.69. The van der Waals surface area contributed by atoms with E-state index >= 15 is 0 Å². The van der Waals surface area contributed by atoms with E-state index in [4.69, 9.17) is 5.73 Å². The fraction of sp³-hybridized carbons (Fsp3) is 0.600. The number of aromatic nitrogens is 2. The van der Waals surface area contributed by atoms with Crippen molar-refractivity contribution >= 4 is 5.82 Å². The summed E-state index contributed by atoms with van der Waals surface area (Å²) in [5.41, 5.74) is 8.40. The minimum Gasteiger partial charge on any atom is -0.382 e. The second-order valence-electron chi connectivity index (χ2n) is 4.58. The SMILES string of the molecule is CC1(C)CCc2nnc(N)cc2C1. The molecular weight excluding hydrogens is 162 g/mol. The van der Waals surface area contributed by atoms with Crippen molar-refractivity contribution in [2.45, 2.75) is 33.1 Å². The zero-order valence-corrected chi connectivity index (χ0v) is 8.17. The topological polar surface area (TPSA) is 51.8 Å². The van der Waals surface area contributed by atoms with Crippen LogP contribution in [-0.4, -0.2) is 10.2 Å². The Balaban J connectivity index is 2.38. The number of aryl methyl sites for hydroxylation is 1. The fourth-order valence-corrected chi connectivity index (χ4v) is 1.90. The number of hydrogen-bond donors (Lipinski definition) is 1. The average Bonchev–Trinajstić information content (AvgIpc) is 2.01. The number of nitrogens with zero attached hydrogens (tertiary/aromatic N) is 2.